The minimum Gasteiger partial charge on any atom is -0.490 e. The van der Waals surface area contributed by atoms with Crippen LogP contribution < -0.4 is 9.47 Å². The van der Waals surface area contributed by atoms with Gasteiger partial charge in [-0.1, -0.05) is 31.0 Å². The van der Waals surface area contributed by atoms with Crippen LogP contribution in [0.15, 0.2) is 55.2 Å². The van der Waals surface area contributed by atoms with Gasteiger partial charge in [0, 0.05) is 37.4 Å². The van der Waals surface area contributed by atoms with Gasteiger partial charge < -0.3 is 14.4 Å². The third kappa shape index (κ3) is 6.20. The van der Waals surface area contributed by atoms with Gasteiger partial charge in [-0.05, 0) is 50.4 Å². The van der Waals surface area contributed by atoms with Crippen LogP contribution in [0.2, 0.25) is 0 Å². The maximum absolute atomic E-state index is 12.7. The Morgan fingerprint density at radius 2 is 1.81 bits per heavy atom. The Morgan fingerprint density at radius 3 is 2.64 bits per heavy atom. The molecule has 4 heterocycles. The summed E-state index contributed by atoms with van der Waals surface area (Å²) in [7, 11) is 0. The Bertz CT molecular complexity index is 1110. The van der Waals surface area contributed by atoms with E-state index in [1.165, 1.54) is 12.7 Å². The molecule has 2 aliphatic rings. The lowest BCUT2D eigenvalue weighted by Crippen LogP contribution is -2.47. The van der Waals surface area contributed by atoms with Crippen LogP contribution in [0.4, 0.5) is 0 Å². The van der Waals surface area contributed by atoms with Gasteiger partial charge >= 0.3 is 0 Å². The van der Waals surface area contributed by atoms with Crippen LogP contribution in [0.5, 0.6) is 17.4 Å². The molecule has 0 atom stereocenters. The van der Waals surface area contributed by atoms with Gasteiger partial charge in [0.25, 0.3) is 0 Å². The van der Waals surface area contributed by atoms with Crippen molar-refractivity contribution in [3.05, 3.63) is 60.8 Å². The van der Waals surface area contributed by atoms with Crippen molar-refractivity contribution in [1.82, 2.24) is 29.5 Å². The molecule has 0 N–H and O–H groups in total. The second-order valence-corrected chi connectivity index (χ2v) is 9.45. The summed E-state index contributed by atoms with van der Waals surface area (Å²) in [5, 5.41) is 4.06. The molecule has 0 saturated carbocycles. The quantitative estimate of drug-likeness (QED) is 0.550. The summed E-state index contributed by atoms with van der Waals surface area (Å²) < 4.78 is 13.9. The standard InChI is InChI=1S/C27H34N6O3/c34-26(19-33-21-28-20-30-33)31-15-11-23(12-16-31)32-14-5-1-2-6-17-35-24-9-3-4-10-25(24)36-27-22(18-32)8-7-13-29-27/h3-4,7-10,13,20-21,23H,1-2,5-6,11-12,14-19H2. The smallest absolute Gasteiger partial charge is 0.244 e. The molecule has 0 bridgehead atoms. The lowest BCUT2D eigenvalue weighted by molar-refractivity contribution is -0.133. The number of likely N-dealkylation sites (tertiary alicyclic amines) is 1. The maximum atomic E-state index is 12.7. The first-order valence-corrected chi connectivity index (χ1v) is 12.9. The number of pyridine rings is 1. The molecule has 1 fully saturated rings. The second kappa shape index (κ2) is 12.0. The number of fused-ring (bicyclic) bond motifs is 2. The number of hydrogen-bond acceptors (Lipinski definition) is 7. The number of carbonyl (C=O) groups is 1. The number of para-hydroxylation sites is 2. The Kier molecular flexibility index (Phi) is 8.07. The highest BCUT2D eigenvalue weighted by molar-refractivity contribution is 5.75. The first kappa shape index (κ1) is 24.2. The summed E-state index contributed by atoms with van der Waals surface area (Å²) >= 11 is 0. The van der Waals surface area contributed by atoms with Crippen molar-refractivity contribution in [2.45, 2.75) is 57.7 Å². The Hall–Kier alpha value is -3.46. The fraction of sp³-hybridized carbons (Fsp3) is 0.481. The van der Waals surface area contributed by atoms with Crippen LogP contribution in [0.1, 0.15) is 44.1 Å². The fourth-order valence-corrected chi connectivity index (χ4v) is 4.99. The molecule has 1 amide bonds. The van der Waals surface area contributed by atoms with E-state index in [0.717, 1.165) is 69.6 Å². The van der Waals surface area contributed by atoms with Crippen molar-refractivity contribution < 1.29 is 14.3 Å². The molecule has 1 aromatic carbocycles. The highest BCUT2D eigenvalue weighted by Crippen LogP contribution is 2.33. The molecule has 5 rings (SSSR count). The molecule has 0 unspecified atom stereocenters. The number of hydrogen-bond donors (Lipinski definition) is 0. The van der Waals surface area contributed by atoms with Crippen molar-refractivity contribution in [2.75, 3.05) is 26.2 Å². The van der Waals surface area contributed by atoms with Crippen LogP contribution in [-0.4, -0.2) is 67.7 Å². The summed E-state index contributed by atoms with van der Waals surface area (Å²) in [5.74, 6) is 2.17. The van der Waals surface area contributed by atoms with Crippen molar-refractivity contribution in [1.29, 1.82) is 0 Å². The molecule has 2 aliphatic heterocycles. The van der Waals surface area contributed by atoms with Crippen molar-refractivity contribution in [2.24, 2.45) is 0 Å². The minimum absolute atomic E-state index is 0.101. The summed E-state index contributed by atoms with van der Waals surface area (Å²) in [5.41, 5.74) is 1.06. The number of piperidine rings is 1. The summed E-state index contributed by atoms with van der Waals surface area (Å²) in [4.78, 5) is 25.7. The summed E-state index contributed by atoms with van der Waals surface area (Å²) in [6.45, 7) is 4.23. The van der Waals surface area contributed by atoms with E-state index in [1.54, 1.807) is 17.2 Å². The van der Waals surface area contributed by atoms with E-state index in [0.29, 0.717) is 24.3 Å². The normalized spacial score (nSPS) is 18.3. The van der Waals surface area contributed by atoms with E-state index in [-0.39, 0.29) is 12.5 Å². The van der Waals surface area contributed by atoms with Gasteiger partial charge in [-0.3, -0.25) is 9.69 Å². The predicted octanol–water partition coefficient (Wildman–Crippen LogP) is 3.91. The largest absolute Gasteiger partial charge is 0.490 e. The van der Waals surface area contributed by atoms with E-state index in [1.807, 2.05) is 35.2 Å². The topological polar surface area (TPSA) is 85.6 Å². The van der Waals surface area contributed by atoms with E-state index in [9.17, 15) is 4.79 Å². The Labute approximate surface area is 212 Å². The van der Waals surface area contributed by atoms with Crippen LogP contribution in [-0.2, 0) is 17.9 Å². The van der Waals surface area contributed by atoms with Gasteiger partial charge in [-0.25, -0.2) is 14.6 Å². The van der Waals surface area contributed by atoms with Gasteiger partial charge in [-0.2, -0.15) is 5.10 Å². The molecule has 1 saturated heterocycles. The van der Waals surface area contributed by atoms with E-state index in [4.69, 9.17) is 9.47 Å². The van der Waals surface area contributed by atoms with E-state index >= 15 is 0 Å². The zero-order valence-corrected chi connectivity index (χ0v) is 20.7. The molecular weight excluding hydrogens is 456 g/mol. The van der Waals surface area contributed by atoms with Gasteiger partial charge in [-0.15, -0.1) is 0 Å². The lowest BCUT2D eigenvalue weighted by Gasteiger charge is -2.39. The number of carbonyl (C=O) groups excluding carboxylic acids is 1. The predicted molar refractivity (Wildman–Crippen MR) is 135 cm³/mol. The fourth-order valence-electron chi connectivity index (χ4n) is 4.99. The molecule has 3 aromatic rings. The van der Waals surface area contributed by atoms with Gasteiger partial charge in [0.2, 0.25) is 11.8 Å². The summed E-state index contributed by atoms with van der Waals surface area (Å²) in [6, 6.07) is 12.3. The highest BCUT2D eigenvalue weighted by Gasteiger charge is 2.28. The number of rotatable bonds is 3. The molecule has 9 nitrogen and oxygen atoms in total. The Balaban J connectivity index is 1.29. The molecule has 0 spiro atoms. The Morgan fingerprint density at radius 1 is 0.972 bits per heavy atom. The van der Waals surface area contributed by atoms with Gasteiger partial charge in [0.1, 0.15) is 19.2 Å². The van der Waals surface area contributed by atoms with E-state index in [2.05, 4.69) is 26.0 Å². The minimum atomic E-state index is 0.101. The molecule has 0 aliphatic carbocycles. The monoisotopic (exact) mass is 490 g/mol. The van der Waals surface area contributed by atoms with Crippen LogP contribution in [0.25, 0.3) is 0 Å². The SMILES string of the molecule is O=C(Cn1cncn1)N1CCC(N2CCCCCCOc3ccccc3Oc3ncccc3C2)CC1. The number of aromatic nitrogens is 4. The lowest BCUT2D eigenvalue weighted by atomic mass is 10.0. The molecule has 36 heavy (non-hydrogen) atoms. The summed E-state index contributed by atoms with van der Waals surface area (Å²) in [6.07, 6.45) is 11.2. The molecular formula is C27H34N6O3. The number of ether oxygens (including phenoxy) is 2. The third-order valence-corrected chi connectivity index (χ3v) is 6.97. The average molecular weight is 491 g/mol. The highest BCUT2D eigenvalue weighted by atomic mass is 16.5. The van der Waals surface area contributed by atoms with Crippen LogP contribution in [0, 0.1) is 0 Å². The zero-order valence-electron chi connectivity index (χ0n) is 20.7. The van der Waals surface area contributed by atoms with Gasteiger partial charge in [0.15, 0.2) is 11.5 Å². The van der Waals surface area contributed by atoms with Crippen molar-refractivity contribution in [3.8, 4) is 17.4 Å². The van der Waals surface area contributed by atoms with Crippen molar-refractivity contribution in [3.63, 3.8) is 0 Å². The van der Waals surface area contributed by atoms with Crippen LogP contribution >= 0.6 is 0 Å². The number of amides is 1. The van der Waals surface area contributed by atoms with Gasteiger partial charge in [0.05, 0.1) is 6.61 Å². The molecule has 0 radical (unpaired) electrons. The number of nitrogens with zero attached hydrogens (tertiary/aromatic N) is 6. The molecule has 9 heteroatoms. The first-order chi connectivity index (χ1) is 17.8. The van der Waals surface area contributed by atoms with Crippen LogP contribution in [0.3, 0.4) is 0 Å². The third-order valence-electron chi connectivity index (χ3n) is 6.97. The maximum Gasteiger partial charge on any atom is 0.244 e. The van der Waals surface area contributed by atoms with E-state index < -0.39 is 0 Å². The second-order valence-electron chi connectivity index (χ2n) is 9.45. The molecule has 190 valence electrons. The molecule has 2 aromatic heterocycles. The first-order valence-electron chi connectivity index (χ1n) is 12.9. The number of benzene rings is 1. The zero-order chi connectivity index (χ0) is 24.6. The van der Waals surface area contributed by atoms with Crippen molar-refractivity contribution >= 4 is 5.91 Å². The average Bonchev–Trinajstić information content (AvgIpc) is 3.42.